The maximum atomic E-state index is 15.2. The number of hydrogen-bond donors (Lipinski definition) is 2. The Morgan fingerprint density at radius 1 is 1.13 bits per heavy atom. The molecule has 0 bridgehead atoms. The number of anilines is 1. The average molecular weight is 569 g/mol. The quantitative estimate of drug-likeness (QED) is 0.315. The summed E-state index contributed by atoms with van der Waals surface area (Å²) in [6.45, 7) is 4.24. The molecule has 13 heteroatoms. The van der Waals surface area contributed by atoms with E-state index in [0.717, 1.165) is 13.3 Å². The van der Waals surface area contributed by atoms with Gasteiger partial charge in [-0.25, -0.2) is 13.4 Å². The highest BCUT2D eigenvalue weighted by Crippen LogP contribution is 2.46. The normalized spacial score (nSPS) is 16.2. The average Bonchev–Trinajstić information content (AvgIpc) is 2.81. The number of benzene rings is 2. The number of amides is 1. The van der Waals surface area contributed by atoms with Crippen LogP contribution in [0, 0.1) is 30.3 Å². The molecule has 0 aliphatic heterocycles. The lowest BCUT2D eigenvalue weighted by atomic mass is 9.65. The first kappa shape index (κ1) is 28.4. The second kappa shape index (κ2) is 9.85. The number of halogens is 5. The van der Waals surface area contributed by atoms with Crippen LogP contribution in [-0.4, -0.2) is 26.6 Å². The molecule has 2 aromatic carbocycles. The van der Waals surface area contributed by atoms with Gasteiger partial charge < -0.3 is 10.1 Å². The van der Waals surface area contributed by atoms with Crippen molar-refractivity contribution < 1.29 is 35.7 Å². The lowest BCUT2D eigenvalue weighted by Crippen LogP contribution is -2.32. The van der Waals surface area contributed by atoms with Crippen molar-refractivity contribution in [3.8, 4) is 11.6 Å². The van der Waals surface area contributed by atoms with Crippen molar-refractivity contribution in [3.63, 3.8) is 0 Å². The van der Waals surface area contributed by atoms with Gasteiger partial charge in [0.25, 0.3) is 11.8 Å². The molecule has 0 radical (unpaired) electrons. The minimum Gasteiger partial charge on any atom is -0.433 e. The molecule has 1 unspecified atom stereocenters. The molecule has 1 atom stereocenters. The van der Waals surface area contributed by atoms with Gasteiger partial charge in [-0.1, -0.05) is 19.4 Å². The Kier molecular flexibility index (Phi) is 7.17. The third kappa shape index (κ3) is 5.45. The summed E-state index contributed by atoms with van der Waals surface area (Å²) < 4.78 is 96.4. The summed E-state index contributed by atoms with van der Waals surface area (Å²) in [5.74, 6) is -5.02. The third-order valence-electron chi connectivity index (χ3n) is 6.88. The minimum absolute atomic E-state index is 0.0292. The van der Waals surface area contributed by atoms with Gasteiger partial charge in [0.1, 0.15) is 5.56 Å². The largest absolute Gasteiger partial charge is 0.435 e. The number of ether oxygens (including phenoxy) is 1. The maximum Gasteiger partial charge on any atom is 0.435 e. The highest BCUT2D eigenvalue weighted by molar-refractivity contribution is 7.91. The monoisotopic (exact) mass is 568 g/mol. The number of aryl methyl sites for hydroxylation is 1. The van der Waals surface area contributed by atoms with Crippen molar-refractivity contribution in [2.75, 3.05) is 11.6 Å². The lowest BCUT2D eigenvalue weighted by Gasteiger charge is -2.39. The molecule has 3 aromatic rings. The van der Waals surface area contributed by atoms with Gasteiger partial charge in [0.05, 0.1) is 9.73 Å². The topological polar surface area (TPSA) is 105 Å². The summed E-state index contributed by atoms with van der Waals surface area (Å²) in [7, 11) is -3.16. The summed E-state index contributed by atoms with van der Waals surface area (Å²) in [4.78, 5) is 13.3. The Balaban J connectivity index is 1.79. The number of aromatic nitrogens is 2. The van der Waals surface area contributed by atoms with Crippen LogP contribution in [0.25, 0.3) is 0 Å². The fourth-order valence-corrected chi connectivity index (χ4v) is 5.18. The highest BCUT2D eigenvalue weighted by atomic mass is 32.2. The van der Waals surface area contributed by atoms with Crippen molar-refractivity contribution in [1.82, 2.24) is 10.2 Å². The first-order valence-corrected chi connectivity index (χ1v) is 13.8. The first-order chi connectivity index (χ1) is 18.0. The predicted octanol–water partition coefficient (Wildman–Crippen LogP) is 6.91. The molecule has 1 aliphatic carbocycles. The van der Waals surface area contributed by atoms with Crippen LogP contribution in [0.1, 0.15) is 58.9 Å². The standard InChI is InChI=1S/C26H25F5N4O3S/c1-13-11-17(25(3)9-6-10-25)19(27)20(28)21(13)38-24-18(14(2)22(34-35-24)26(29,30)31)23(36)33-15-7-5-8-16(12-15)39(4,32)37/h5,7-8,11-12,32H,6,9-10H2,1-4H3,(H,33,36). The van der Waals surface area contributed by atoms with Crippen molar-refractivity contribution in [2.45, 2.75) is 56.5 Å². The molecule has 2 N–H and O–H groups in total. The van der Waals surface area contributed by atoms with Crippen LogP contribution >= 0.6 is 0 Å². The van der Waals surface area contributed by atoms with E-state index in [0.29, 0.717) is 12.8 Å². The zero-order chi connectivity index (χ0) is 28.9. The molecule has 0 saturated heterocycles. The third-order valence-corrected chi connectivity index (χ3v) is 8.03. The first-order valence-electron chi connectivity index (χ1n) is 11.8. The Morgan fingerprint density at radius 2 is 1.79 bits per heavy atom. The summed E-state index contributed by atoms with van der Waals surface area (Å²) in [6, 6.07) is 6.84. The molecule has 39 heavy (non-hydrogen) atoms. The molecule has 7 nitrogen and oxygen atoms in total. The number of nitrogens with zero attached hydrogens (tertiary/aromatic N) is 2. The summed E-state index contributed by atoms with van der Waals surface area (Å²) in [5.41, 5.74) is -3.01. The van der Waals surface area contributed by atoms with E-state index in [1.165, 1.54) is 43.5 Å². The number of hydrogen-bond acceptors (Lipinski definition) is 6. The fraction of sp³-hybridized carbons (Fsp3) is 0.346. The number of alkyl halides is 3. The molecular weight excluding hydrogens is 543 g/mol. The number of carbonyl (C=O) groups excluding carboxylic acids is 1. The van der Waals surface area contributed by atoms with Crippen LogP contribution in [-0.2, 0) is 21.3 Å². The van der Waals surface area contributed by atoms with E-state index in [1.807, 2.05) is 6.92 Å². The molecule has 1 aromatic heterocycles. The van der Waals surface area contributed by atoms with Crippen LogP contribution in [0.4, 0.5) is 27.6 Å². The van der Waals surface area contributed by atoms with Gasteiger partial charge in [0.2, 0.25) is 5.82 Å². The second-order valence-electron chi connectivity index (χ2n) is 9.89. The van der Waals surface area contributed by atoms with E-state index in [9.17, 15) is 22.2 Å². The zero-order valence-corrected chi connectivity index (χ0v) is 22.2. The molecule has 1 aliphatic rings. The van der Waals surface area contributed by atoms with Gasteiger partial charge in [0, 0.05) is 16.8 Å². The Hall–Kier alpha value is -3.61. The molecule has 1 fully saturated rings. The van der Waals surface area contributed by atoms with Crippen LogP contribution < -0.4 is 10.1 Å². The molecule has 0 spiro atoms. The highest BCUT2D eigenvalue weighted by Gasteiger charge is 2.40. The molecular formula is C26H25F5N4O3S. The van der Waals surface area contributed by atoms with Crippen molar-refractivity contribution in [2.24, 2.45) is 0 Å². The van der Waals surface area contributed by atoms with E-state index in [2.05, 4.69) is 15.5 Å². The van der Waals surface area contributed by atoms with Crippen molar-refractivity contribution >= 4 is 21.3 Å². The number of rotatable bonds is 6. The molecule has 208 valence electrons. The van der Waals surface area contributed by atoms with E-state index in [4.69, 9.17) is 9.52 Å². The van der Waals surface area contributed by atoms with Gasteiger partial charge >= 0.3 is 6.18 Å². The molecule has 1 saturated carbocycles. The van der Waals surface area contributed by atoms with E-state index >= 15 is 8.78 Å². The van der Waals surface area contributed by atoms with Crippen LogP contribution in [0.5, 0.6) is 11.6 Å². The Labute approximate surface area is 221 Å². The van der Waals surface area contributed by atoms with Crippen LogP contribution in [0.15, 0.2) is 35.2 Å². The van der Waals surface area contributed by atoms with E-state index < -0.39 is 67.3 Å². The van der Waals surface area contributed by atoms with E-state index in [-0.39, 0.29) is 21.7 Å². The fourth-order valence-electron chi connectivity index (χ4n) is 4.49. The second-order valence-corrected chi connectivity index (χ2v) is 12.1. The summed E-state index contributed by atoms with van der Waals surface area (Å²) in [5, 5.41) is 8.93. The predicted molar refractivity (Wildman–Crippen MR) is 134 cm³/mol. The van der Waals surface area contributed by atoms with Crippen molar-refractivity contribution in [3.05, 3.63) is 69.9 Å². The van der Waals surface area contributed by atoms with Gasteiger partial charge in [0.15, 0.2) is 17.3 Å². The lowest BCUT2D eigenvalue weighted by molar-refractivity contribution is -0.142. The van der Waals surface area contributed by atoms with Gasteiger partial charge in [-0.2, -0.15) is 17.6 Å². The smallest absolute Gasteiger partial charge is 0.433 e. The summed E-state index contributed by atoms with van der Waals surface area (Å²) in [6.07, 6.45) is -1.60. The van der Waals surface area contributed by atoms with Crippen molar-refractivity contribution in [1.29, 1.82) is 4.78 Å². The molecule has 4 rings (SSSR count). The number of carbonyl (C=O) groups is 1. The van der Waals surface area contributed by atoms with Gasteiger partial charge in [-0.3, -0.25) is 4.79 Å². The van der Waals surface area contributed by atoms with Gasteiger partial charge in [-0.05, 0) is 73.1 Å². The van der Waals surface area contributed by atoms with Crippen LogP contribution in [0.3, 0.4) is 0 Å². The Morgan fingerprint density at radius 3 is 2.36 bits per heavy atom. The minimum atomic E-state index is -4.98. The maximum absolute atomic E-state index is 15.2. The zero-order valence-electron chi connectivity index (χ0n) is 21.4. The van der Waals surface area contributed by atoms with Crippen LogP contribution in [0.2, 0.25) is 0 Å². The van der Waals surface area contributed by atoms with Gasteiger partial charge in [-0.15, -0.1) is 10.2 Å². The van der Waals surface area contributed by atoms with E-state index in [1.54, 1.807) is 0 Å². The SMILES string of the molecule is Cc1cc(C2(C)CCC2)c(F)c(F)c1Oc1nnc(C(F)(F)F)c(C)c1C(=O)Nc1cccc(S(C)(=N)=O)c1. The summed E-state index contributed by atoms with van der Waals surface area (Å²) >= 11 is 0. The number of nitrogens with one attached hydrogen (secondary N) is 2. The molecule has 1 heterocycles. The Bertz CT molecular complexity index is 1590. The molecule has 1 amide bonds.